The summed E-state index contributed by atoms with van der Waals surface area (Å²) >= 11 is 0. The Hall–Kier alpha value is -3.18. The minimum Gasteiger partial charge on any atom is -0.319 e. The summed E-state index contributed by atoms with van der Waals surface area (Å²) in [6.45, 7) is 3.05. The summed E-state index contributed by atoms with van der Waals surface area (Å²) in [5.74, 6) is 0.909. The van der Waals surface area contributed by atoms with Crippen molar-refractivity contribution < 1.29 is 4.79 Å². The first kappa shape index (κ1) is 19.5. The highest BCUT2D eigenvalue weighted by Gasteiger charge is 2.54. The second-order valence-corrected chi connectivity index (χ2v) is 9.28. The molecular formula is C27H28N4O. The zero-order valence-electron chi connectivity index (χ0n) is 18.1. The van der Waals surface area contributed by atoms with Crippen molar-refractivity contribution in [2.24, 2.45) is 5.92 Å². The van der Waals surface area contributed by atoms with E-state index in [1.54, 1.807) is 0 Å². The smallest absolute Gasteiger partial charge is 0.319 e. The molecule has 3 unspecified atom stereocenters. The SMILES string of the molecule is O=C(Nc1cccc(-c2ccccc2)c1)N1CC(c2cccnc2)C2C1C1CCN2CC1. The number of likely N-dealkylation sites (tertiary alicyclic amines) is 1. The first-order valence-electron chi connectivity index (χ1n) is 11.6. The number of carbonyl (C=O) groups excluding carboxylic acids is 1. The van der Waals surface area contributed by atoms with Gasteiger partial charge in [0, 0.05) is 36.6 Å². The number of carbonyl (C=O) groups is 1. The Labute approximate surface area is 189 Å². The molecule has 5 nitrogen and oxygen atoms in total. The molecule has 0 saturated carbocycles. The van der Waals surface area contributed by atoms with Crippen LogP contribution in [0.4, 0.5) is 10.5 Å². The van der Waals surface area contributed by atoms with E-state index in [0.717, 1.165) is 36.4 Å². The lowest BCUT2D eigenvalue weighted by molar-refractivity contribution is 0.00493. The van der Waals surface area contributed by atoms with Gasteiger partial charge in [0.1, 0.15) is 0 Å². The number of benzene rings is 2. The van der Waals surface area contributed by atoms with Gasteiger partial charge in [-0.3, -0.25) is 9.88 Å². The Balaban J connectivity index is 1.27. The van der Waals surface area contributed by atoms with E-state index >= 15 is 0 Å². The van der Waals surface area contributed by atoms with Crippen LogP contribution >= 0.6 is 0 Å². The third-order valence-electron chi connectivity index (χ3n) is 7.59. The fourth-order valence-electron chi connectivity index (χ4n) is 6.15. The van der Waals surface area contributed by atoms with Crippen LogP contribution in [0.15, 0.2) is 79.1 Å². The van der Waals surface area contributed by atoms with Gasteiger partial charge in [0.15, 0.2) is 0 Å². The average Bonchev–Trinajstić information content (AvgIpc) is 3.29. The van der Waals surface area contributed by atoms with Gasteiger partial charge in [0.2, 0.25) is 0 Å². The maximum atomic E-state index is 13.6. The molecule has 4 saturated heterocycles. The van der Waals surface area contributed by atoms with Crippen molar-refractivity contribution in [3.05, 3.63) is 84.7 Å². The summed E-state index contributed by atoms with van der Waals surface area (Å²) in [7, 11) is 0. The normalized spacial score (nSPS) is 28.4. The molecule has 0 spiro atoms. The number of pyridine rings is 1. The molecular weight excluding hydrogens is 396 g/mol. The molecule has 7 rings (SSSR count). The molecule has 1 aromatic heterocycles. The molecule has 1 N–H and O–H groups in total. The van der Waals surface area contributed by atoms with Crippen LogP contribution in [0.5, 0.6) is 0 Å². The molecule has 5 heterocycles. The molecule has 0 aliphatic carbocycles. The lowest BCUT2D eigenvalue weighted by atomic mass is 9.75. The van der Waals surface area contributed by atoms with E-state index in [1.165, 1.54) is 18.4 Å². The van der Waals surface area contributed by atoms with Gasteiger partial charge in [-0.15, -0.1) is 0 Å². The molecule has 2 bridgehead atoms. The molecule has 32 heavy (non-hydrogen) atoms. The van der Waals surface area contributed by atoms with Crippen molar-refractivity contribution in [1.82, 2.24) is 14.8 Å². The highest BCUT2D eigenvalue weighted by molar-refractivity contribution is 5.91. The van der Waals surface area contributed by atoms with E-state index < -0.39 is 0 Å². The number of urea groups is 1. The van der Waals surface area contributed by atoms with Gasteiger partial charge < -0.3 is 10.2 Å². The summed E-state index contributed by atoms with van der Waals surface area (Å²) in [5, 5.41) is 3.21. The lowest BCUT2D eigenvalue weighted by Gasteiger charge is -2.51. The molecule has 4 aliphatic heterocycles. The number of hydrogen-bond acceptors (Lipinski definition) is 3. The molecule has 3 atom stereocenters. The van der Waals surface area contributed by atoms with Gasteiger partial charge in [-0.05, 0) is 66.7 Å². The van der Waals surface area contributed by atoms with Crippen LogP contribution in [-0.2, 0) is 0 Å². The van der Waals surface area contributed by atoms with E-state index in [0.29, 0.717) is 17.9 Å². The van der Waals surface area contributed by atoms with Gasteiger partial charge in [0.25, 0.3) is 0 Å². The summed E-state index contributed by atoms with van der Waals surface area (Å²) in [5.41, 5.74) is 4.35. The predicted octanol–water partition coefficient (Wildman–Crippen LogP) is 4.84. The quantitative estimate of drug-likeness (QED) is 0.654. The number of nitrogens with zero attached hydrogens (tertiary/aromatic N) is 3. The van der Waals surface area contributed by atoms with Gasteiger partial charge in [-0.25, -0.2) is 4.79 Å². The van der Waals surface area contributed by atoms with Crippen LogP contribution in [0.3, 0.4) is 0 Å². The number of amides is 2. The third kappa shape index (κ3) is 3.37. The molecule has 2 aromatic carbocycles. The van der Waals surface area contributed by atoms with E-state index in [1.807, 2.05) is 48.8 Å². The largest absolute Gasteiger partial charge is 0.322 e. The Bertz CT molecular complexity index is 1090. The number of anilines is 1. The lowest BCUT2D eigenvalue weighted by Crippen LogP contribution is -2.61. The van der Waals surface area contributed by atoms with Crippen LogP contribution < -0.4 is 5.32 Å². The van der Waals surface area contributed by atoms with Gasteiger partial charge in [0.05, 0.1) is 6.04 Å². The molecule has 5 heteroatoms. The van der Waals surface area contributed by atoms with Crippen molar-refractivity contribution in [2.45, 2.75) is 30.8 Å². The average molecular weight is 425 g/mol. The monoisotopic (exact) mass is 424 g/mol. The maximum Gasteiger partial charge on any atom is 0.322 e. The van der Waals surface area contributed by atoms with Gasteiger partial charge >= 0.3 is 6.03 Å². The van der Waals surface area contributed by atoms with E-state index in [4.69, 9.17) is 0 Å². The molecule has 3 aromatic rings. The number of piperidine rings is 3. The molecule has 0 radical (unpaired) electrons. The third-order valence-corrected chi connectivity index (χ3v) is 7.59. The van der Waals surface area contributed by atoms with E-state index in [2.05, 4.69) is 50.4 Å². The maximum absolute atomic E-state index is 13.6. The minimum absolute atomic E-state index is 0.0188. The number of fused-ring (bicyclic) bond motifs is 2. The summed E-state index contributed by atoms with van der Waals surface area (Å²) < 4.78 is 0. The zero-order valence-corrected chi connectivity index (χ0v) is 18.1. The fraction of sp³-hybridized carbons (Fsp3) is 0.333. The van der Waals surface area contributed by atoms with Crippen molar-refractivity contribution in [2.75, 3.05) is 25.0 Å². The van der Waals surface area contributed by atoms with Crippen molar-refractivity contribution in [3.63, 3.8) is 0 Å². The van der Waals surface area contributed by atoms with Crippen LogP contribution in [0, 0.1) is 5.92 Å². The van der Waals surface area contributed by atoms with Crippen molar-refractivity contribution in [1.29, 1.82) is 0 Å². The Morgan fingerprint density at radius 3 is 2.50 bits per heavy atom. The highest BCUT2D eigenvalue weighted by Crippen LogP contribution is 2.46. The van der Waals surface area contributed by atoms with Crippen LogP contribution in [0.25, 0.3) is 11.1 Å². The number of hydrogen-bond donors (Lipinski definition) is 1. The predicted molar refractivity (Wildman–Crippen MR) is 126 cm³/mol. The van der Waals surface area contributed by atoms with Gasteiger partial charge in [-0.1, -0.05) is 48.5 Å². The summed E-state index contributed by atoms with van der Waals surface area (Å²) in [6.07, 6.45) is 6.19. The molecule has 2 amide bonds. The molecule has 4 aliphatic rings. The summed E-state index contributed by atoms with van der Waals surface area (Å²) in [4.78, 5) is 22.7. The zero-order chi connectivity index (χ0) is 21.5. The Morgan fingerprint density at radius 1 is 0.906 bits per heavy atom. The number of rotatable bonds is 3. The Kier molecular flexibility index (Phi) is 4.91. The van der Waals surface area contributed by atoms with Crippen LogP contribution in [0.1, 0.15) is 24.3 Å². The van der Waals surface area contributed by atoms with Crippen molar-refractivity contribution >= 4 is 11.7 Å². The van der Waals surface area contributed by atoms with Gasteiger partial charge in [-0.2, -0.15) is 0 Å². The first-order valence-corrected chi connectivity index (χ1v) is 11.6. The summed E-state index contributed by atoms with van der Waals surface area (Å²) in [6, 6.07) is 23.3. The van der Waals surface area contributed by atoms with E-state index in [-0.39, 0.29) is 12.1 Å². The molecule has 4 fully saturated rings. The number of aromatic nitrogens is 1. The first-order chi connectivity index (χ1) is 15.8. The fourth-order valence-corrected chi connectivity index (χ4v) is 6.15. The standard InChI is InChI=1S/C27H28N4O/c32-27(29-23-10-4-8-21(16-23)19-6-2-1-3-7-19)31-18-24(22-9-5-13-28-17-22)26-25(31)20-11-14-30(26)15-12-20/h1-10,13,16-17,20,24-26H,11-12,14-15,18H2,(H,29,32). The second-order valence-electron chi connectivity index (χ2n) is 9.28. The van der Waals surface area contributed by atoms with Crippen molar-refractivity contribution in [3.8, 4) is 11.1 Å². The topological polar surface area (TPSA) is 48.5 Å². The highest BCUT2D eigenvalue weighted by atomic mass is 16.2. The number of nitrogens with one attached hydrogen (secondary N) is 1. The molecule has 162 valence electrons. The van der Waals surface area contributed by atoms with E-state index in [9.17, 15) is 4.79 Å². The van der Waals surface area contributed by atoms with Crippen LogP contribution in [-0.4, -0.2) is 52.5 Å². The minimum atomic E-state index is 0.0188. The van der Waals surface area contributed by atoms with Crippen LogP contribution in [0.2, 0.25) is 0 Å². The Morgan fingerprint density at radius 2 is 1.72 bits per heavy atom. The second kappa shape index (κ2) is 8.06.